The molecule has 15 heavy (non-hydrogen) atoms. The van der Waals surface area contributed by atoms with Crippen LogP contribution in [0, 0.1) is 0 Å². The van der Waals surface area contributed by atoms with Crippen molar-refractivity contribution in [1.29, 1.82) is 0 Å². The molecular weight excluding hydrogens is 194 g/mol. The molecule has 2 aliphatic heterocycles. The fourth-order valence-corrected chi connectivity index (χ4v) is 2.38. The van der Waals surface area contributed by atoms with Crippen molar-refractivity contribution in [3.8, 4) is 0 Å². The summed E-state index contributed by atoms with van der Waals surface area (Å²) in [5.74, 6) is 0. The normalized spacial score (nSPS) is 32.9. The van der Waals surface area contributed by atoms with Gasteiger partial charge in [-0.1, -0.05) is 0 Å². The summed E-state index contributed by atoms with van der Waals surface area (Å²) in [4.78, 5) is 13.4. The molecule has 1 unspecified atom stereocenters. The first kappa shape index (κ1) is 10.7. The molecule has 0 aromatic heterocycles. The summed E-state index contributed by atoms with van der Waals surface area (Å²) in [6.45, 7) is 6.94. The van der Waals surface area contributed by atoms with Crippen LogP contribution in [0.5, 0.6) is 0 Å². The number of nitrogens with zero attached hydrogens (tertiary/aromatic N) is 1. The van der Waals surface area contributed by atoms with E-state index in [1.807, 2.05) is 0 Å². The van der Waals surface area contributed by atoms with Gasteiger partial charge in [-0.05, 0) is 33.2 Å². The van der Waals surface area contributed by atoms with E-state index in [9.17, 15) is 4.79 Å². The second kappa shape index (κ2) is 4.00. The minimum atomic E-state index is -0.493. The third kappa shape index (κ3) is 2.25. The Morgan fingerprint density at radius 3 is 2.73 bits per heavy atom. The topological polar surface area (TPSA) is 38.8 Å². The Bertz CT molecular complexity index is 254. The number of rotatable bonds is 1. The van der Waals surface area contributed by atoms with Crippen molar-refractivity contribution in [2.45, 2.75) is 44.8 Å². The summed E-state index contributed by atoms with van der Waals surface area (Å²) < 4.78 is 10.2. The standard InChI is InChI=1S/C11H19NO3/c1-9(2)12-6-3-4-11(5-7-12)8-14-10(13)15-11/h9H,3-8H2,1-2H3. The molecule has 4 heteroatoms. The Labute approximate surface area is 90.5 Å². The lowest BCUT2D eigenvalue weighted by Crippen LogP contribution is -2.35. The van der Waals surface area contributed by atoms with Crippen LogP contribution in [0.3, 0.4) is 0 Å². The van der Waals surface area contributed by atoms with Crippen molar-refractivity contribution in [3.63, 3.8) is 0 Å². The first-order valence-corrected chi connectivity index (χ1v) is 5.71. The molecule has 0 amide bonds. The van der Waals surface area contributed by atoms with Crippen LogP contribution in [0.1, 0.15) is 33.1 Å². The van der Waals surface area contributed by atoms with E-state index in [1.165, 1.54) is 0 Å². The second-order valence-electron chi connectivity index (χ2n) is 4.81. The highest BCUT2D eigenvalue weighted by molar-refractivity contribution is 5.62. The predicted molar refractivity (Wildman–Crippen MR) is 55.7 cm³/mol. The van der Waals surface area contributed by atoms with Crippen LogP contribution < -0.4 is 0 Å². The number of carbonyl (C=O) groups excluding carboxylic acids is 1. The highest BCUT2D eigenvalue weighted by Crippen LogP contribution is 2.31. The molecule has 0 radical (unpaired) electrons. The van der Waals surface area contributed by atoms with Gasteiger partial charge in [0.15, 0.2) is 5.60 Å². The van der Waals surface area contributed by atoms with Gasteiger partial charge in [-0.15, -0.1) is 0 Å². The van der Waals surface area contributed by atoms with Crippen molar-refractivity contribution in [3.05, 3.63) is 0 Å². The van der Waals surface area contributed by atoms with Crippen molar-refractivity contribution in [2.75, 3.05) is 19.7 Å². The lowest BCUT2D eigenvalue weighted by Gasteiger charge is -2.25. The Hall–Kier alpha value is -0.770. The minimum Gasteiger partial charge on any atom is -0.430 e. The van der Waals surface area contributed by atoms with Gasteiger partial charge >= 0.3 is 6.16 Å². The Morgan fingerprint density at radius 1 is 1.33 bits per heavy atom. The van der Waals surface area contributed by atoms with Gasteiger partial charge in [-0.3, -0.25) is 0 Å². The SMILES string of the molecule is CC(C)N1CCCC2(CC1)COC(=O)O2. The number of likely N-dealkylation sites (tertiary alicyclic amines) is 1. The predicted octanol–water partition coefficient (Wildman–Crippen LogP) is 1.79. The maximum absolute atomic E-state index is 11.0. The molecule has 4 nitrogen and oxygen atoms in total. The van der Waals surface area contributed by atoms with Crippen molar-refractivity contribution in [2.24, 2.45) is 0 Å². The number of carbonyl (C=O) groups is 1. The van der Waals surface area contributed by atoms with E-state index in [2.05, 4.69) is 18.7 Å². The smallest absolute Gasteiger partial charge is 0.430 e. The lowest BCUT2D eigenvalue weighted by molar-refractivity contribution is 0.0437. The number of cyclic esters (lactones) is 1. The zero-order valence-corrected chi connectivity index (χ0v) is 9.49. The summed E-state index contributed by atoms with van der Waals surface area (Å²) in [5.41, 5.74) is -0.319. The number of hydrogen-bond acceptors (Lipinski definition) is 4. The van der Waals surface area contributed by atoms with Gasteiger partial charge in [0.1, 0.15) is 6.61 Å². The molecule has 0 N–H and O–H groups in total. The van der Waals surface area contributed by atoms with Gasteiger partial charge in [-0.2, -0.15) is 0 Å². The Morgan fingerprint density at radius 2 is 2.13 bits per heavy atom. The fraction of sp³-hybridized carbons (Fsp3) is 0.909. The van der Waals surface area contributed by atoms with Crippen LogP contribution in [0.2, 0.25) is 0 Å². The molecule has 2 saturated heterocycles. The molecule has 2 aliphatic rings. The summed E-state index contributed by atoms with van der Waals surface area (Å²) in [7, 11) is 0. The van der Waals surface area contributed by atoms with Gasteiger partial charge in [0.05, 0.1) is 0 Å². The molecule has 2 fully saturated rings. The second-order valence-corrected chi connectivity index (χ2v) is 4.81. The molecule has 0 bridgehead atoms. The van der Waals surface area contributed by atoms with Gasteiger partial charge in [0, 0.05) is 19.0 Å². The third-order valence-corrected chi connectivity index (χ3v) is 3.42. The van der Waals surface area contributed by atoms with Crippen molar-refractivity contribution >= 4 is 6.16 Å². The molecule has 86 valence electrons. The Kier molecular flexibility index (Phi) is 2.87. The van der Waals surface area contributed by atoms with E-state index < -0.39 is 6.16 Å². The summed E-state index contributed by atoms with van der Waals surface area (Å²) in [5, 5.41) is 0. The largest absolute Gasteiger partial charge is 0.509 e. The van der Waals surface area contributed by atoms with Crippen LogP contribution in [-0.2, 0) is 9.47 Å². The monoisotopic (exact) mass is 213 g/mol. The highest BCUT2D eigenvalue weighted by atomic mass is 16.8. The fourth-order valence-electron chi connectivity index (χ4n) is 2.38. The van der Waals surface area contributed by atoms with Gasteiger partial charge in [0.2, 0.25) is 0 Å². The van der Waals surface area contributed by atoms with Gasteiger partial charge in [-0.25, -0.2) is 4.79 Å². The summed E-state index contributed by atoms with van der Waals surface area (Å²) in [6, 6.07) is 0.568. The molecule has 0 saturated carbocycles. The molecule has 0 aromatic rings. The third-order valence-electron chi connectivity index (χ3n) is 3.42. The van der Waals surface area contributed by atoms with E-state index >= 15 is 0 Å². The summed E-state index contributed by atoms with van der Waals surface area (Å²) >= 11 is 0. The van der Waals surface area contributed by atoms with Gasteiger partial charge < -0.3 is 14.4 Å². The number of ether oxygens (including phenoxy) is 2. The lowest BCUT2D eigenvalue weighted by atomic mass is 9.96. The molecule has 1 spiro atoms. The number of hydrogen-bond donors (Lipinski definition) is 0. The van der Waals surface area contributed by atoms with Crippen molar-refractivity contribution in [1.82, 2.24) is 4.90 Å². The zero-order chi connectivity index (χ0) is 10.9. The average molecular weight is 213 g/mol. The quantitative estimate of drug-likeness (QED) is 0.622. The van der Waals surface area contributed by atoms with Crippen LogP contribution in [0.4, 0.5) is 4.79 Å². The van der Waals surface area contributed by atoms with E-state index in [0.29, 0.717) is 12.6 Å². The van der Waals surface area contributed by atoms with E-state index in [1.54, 1.807) is 0 Å². The van der Waals surface area contributed by atoms with E-state index in [4.69, 9.17) is 9.47 Å². The molecule has 2 rings (SSSR count). The highest BCUT2D eigenvalue weighted by Gasteiger charge is 2.43. The van der Waals surface area contributed by atoms with Crippen LogP contribution in [-0.4, -0.2) is 42.4 Å². The maximum Gasteiger partial charge on any atom is 0.509 e. The minimum absolute atomic E-state index is 0.319. The molecule has 0 aliphatic carbocycles. The zero-order valence-electron chi connectivity index (χ0n) is 9.49. The molecular formula is C11H19NO3. The Balaban J connectivity index is 1.98. The maximum atomic E-state index is 11.0. The van der Waals surface area contributed by atoms with Crippen LogP contribution in [0.25, 0.3) is 0 Å². The van der Waals surface area contributed by atoms with E-state index in [0.717, 1.165) is 32.4 Å². The van der Waals surface area contributed by atoms with E-state index in [-0.39, 0.29) is 5.60 Å². The van der Waals surface area contributed by atoms with Crippen LogP contribution >= 0.6 is 0 Å². The summed E-state index contributed by atoms with van der Waals surface area (Å²) in [6.07, 6.45) is 2.42. The molecule has 2 heterocycles. The average Bonchev–Trinajstić information content (AvgIpc) is 2.43. The first-order valence-electron chi connectivity index (χ1n) is 5.71. The van der Waals surface area contributed by atoms with Gasteiger partial charge in [0.25, 0.3) is 0 Å². The first-order chi connectivity index (χ1) is 7.11. The van der Waals surface area contributed by atoms with Crippen molar-refractivity contribution < 1.29 is 14.3 Å². The van der Waals surface area contributed by atoms with Crippen LogP contribution in [0.15, 0.2) is 0 Å². The molecule has 0 aromatic carbocycles. The molecule has 1 atom stereocenters.